The second kappa shape index (κ2) is 7.32. The first-order valence-electron chi connectivity index (χ1n) is 8.18. The van der Waals surface area contributed by atoms with Crippen LogP contribution in [0, 0.1) is 0 Å². The molecule has 0 aliphatic carbocycles. The number of rotatable bonds is 6. The zero-order valence-corrected chi connectivity index (χ0v) is 15.3. The van der Waals surface area contributed by atoms with Gasteiger partial charge in [-0.1, -0.05) is 18.2 Å². The van der Waals surface area contributed by atoms with Gasteiger partial charge in [0.2, 0.25) is 5.95 Å². The molecule has 0 aliphatic rings. The monoisotopic (exact) mass is 368 g/mol. The predicted octanol–water partition coefficient (Wildman–Crippen LogP) is 1.07. The van der Waals surface area contributed by atoms with Gasteiger partial charge in [0, 0.05) is 20.6 Å². The fourth-order valence-electron chi connectivity index (χ4n) is 2.72. The van der Waals surface area contributed by atoms with E-state index in [1.54, 1.807) is 32.0 Å². The molecular weight excluding hydrogens is 348 g/mol. The molecule has 0 radical (unpaired) electrons. The Bertz CT molecular complexity index is 1150. The van der Waals surface area contributed by atoms with Crippen LogP contribution >= 0.6 is 0 Å². The maximum Gasteiger partial charge on any atom is 0.332 e. The standard InChI is InChI=1S/C18H20N6O3/c1-5-9-24-16(25)14-15(23(3)18(24)26)20-17(22(14)2)21-19-11-12-7-6-8-13(10-12)27-4/h5-8,10-11H,1,9H2,2-4H3,(H,20,21)/b19-11-. The summed E-state index contributed by atoms with van der Waals surface area (Å²) in [6, 6.07) is 7.40. The number of aromatic nitrogens is 4. The molecule has 0 saturated carbocycles. The highest BCUT2D eigenvalue weighted by atomic mass is 16.5. The molecule has 1 aromatic carbocycles. The van der Waals surface area contributed by atoms with E-state index in [0.717, 1.165) is 15.9 Å². The molecule has 0 saturated heterocycles. The summed E-state index contributed by atoms with van der Waals surface area (Å²) in [6.07, 6.45) is 3.11. The zero-order valence-electron chi connectivity index (χ0n) is 15.3. The van der Waals surface area contributed by atoms with E-state index in [4.69, 9.17) is 4.74 Å². The lowest BCUT2D eigenvalue weighted by Crippen LogP contribution is -2.39. The molecule has 0 spiro atoms. The highest BCUT2D eigenvalue weighted by Gasteiger charge is 2.17. The van der Waals surface area contributed by atoms with Crippen molar-refractivity contribution in [2.45, 2.75) is 6.54 Å². The van der Waals surface area contributed by atoms with Gasteiger partial charge in [-0.25, -0.2) is 10.2 Å². The molecule has 27 heavy (non-hydrogen) atoms. The summed E-state index contributed by atoms with van der Waals surface area (Å²) in [5.41, 5.74) is 3.36. The van der Waals surface area contributed by atoms with Gasteiger partial charge in [-0.3, -0.25) is 13.9 Å². The van der Waals surface area contributed by atoms with Crippen molar-refractivity contribution in [3.8, 4) is 5.75 Å². The first-order valence-corrected chi connectivity index (χ1v) is 8.18. The molecule has 140 valence electrons. The number of hydrogen-bond acceptors (Lipinski definition) is 6. The van der Waals surface area contributed by atoms with Crippen LogP contribution in [-0.4, -0.2) is 32.0 Å². The molecule has 3 aromatic rings. The van der Waals surface area contributed by atoms with E-state index in [1.165, 1.54) is 10.6 Å². The number of nitrogens with one attached hydrogen (secondary N) is 1. The van der Waals surface area contributed by atoms with E-state index in [1.807, 2.05) is 24.3 Å². The largest absolute Gasteiger partial charge is 0.497 e. The minimum absolute atomic E-state index is 0.128. The Balaban J connectivity index is 2.00. The summed E-state index contributed by atoms with van der Waals surface area (Å²) in [5.74, 6) is 1.06. The molecule has 2 heterocycles. The summed E-state index contributed by atoms with van der Waals surface area (Å²) in [5, 5.41) is 4.16. The van der Waals surface area contributed by atoms with E-state index in [2.05, 4.69) is 22.1 Å². The van der Waals surface area contributed by atoms with Crippen molar-refractivity contribution >= 4 is 23.3 Å². The van der Waals surface area contributed by atoms with Gasteiger partial charge in [-0.2, -0.15) is 10.1 Å². The van der Waals surface area contributed by atoms with E-state index in [0.29, 0.717) is 11.5 Å². The summed E-state index contributed by atoms with van der Waals surface area (Å²) >= 11 is 0. The summed E-state index contributed by atoms with van der Waals surface area (Å²) < 4.78 is 9.18. The maximum atomic E-state index is 12.7. The quantitative estimate of drug-likeness (QED) is 0.399. The minimum Gasteiger partial charge on any atom is -0.497 e. The van der Waals surface area contributed by atoms with Crippen LogP contribution in [0.15, 0.2) is 51.6 Å². The normalized spacial score (nSPS) is 11.2. The first kappa shape index (κ1) is 18.2. The lowest BCUT2D eigenvalue weighted by atomic mass is 10.2. The Labute approximate surface area is 154 Å². The predicted molar refractivity (Wildman–Crippen MR) is 105 cm³/mol. The minimum atomic E-state index is -0.447. The number of benzene rings is 1. The molecule has 0 fully saturated rings. The van der Waals surface area contributed by atoms with Gasteiger partial charge in [-0.05, 0) is 17.7 Å². The van der Waals surface area contributed by atoms with Gasteiger partial charge in [0.1, 0.15) is 5.75 Å². The molecule has 0 bridgehead atoms. The summed E-state index contributed by atoms with van der Waals surface area (Å²) in [4.78, 5) is 29.3. The number of imidazole rings is 1. The van der Waals surface area contributed by atoms with Gasteiger partial charge >= 0.3 is 5.69 Å². The average molecular weight is 368 g/mol. The Kier molecular flexibility index (Phi) is 4.93. The smallest absolute Gasteiger partial charge is 0.332 e. The Morgan fingerprint density at radius 2 is 2.07 bits per heavy atom. The van der Waals surface area contributed by atoms with Crippen molar-refractivity contribution in [2.24, 2.45) is 19.2 Å². The number of aryl methyl sites for hydroxylation is 2. The molecule has 0 atom stereocenters. The van der Waals surface area contributed by atoms with Crippen molar-refractivity contribution in [1.29, 1.82) is 0 Å². The van der Waals surface area contributed by atoms with Gasteiger partial charge in [0.15, 0.2) is 11.2 Å². The third-order valence-electron chi connectivity index (χ3n) is 4.14. The van der Waals surface area contributed by atoms with E-state index >= 15 is 0 Å². The second-order valence-electron chi connectivity index (χ2n) is 5.86. The molecule has 0 aliphatic heterocycles. The number of nitrogens with zero attached hydrogens (tertiary/aromatic N) is 5. The number of fused-ring (bicyclic) bond motifs is 1. The second-order valence-corrected chi connectivity index (χ2v) is 5.86. The summed E-state index contributed by atoms with van der Waals surface area (Å²) in [6.45, 7) is 3.71. The molecule has 0 amide bonds. The molecule has 9 nitrogen and oxygen atoms in total. The average Bonchev–Trinajstić information content (AvgIpc) is 3.00. The third kappa shape index (κ3) is 3.26. The first-order chi connectivity index (χ1) is 13.0. The van der Waals surface area contributed by atoms with Crippen LogP contribution in [0.25, 0.3) is 11.2 Å². The lowest BCUT2D eigenvalue weighted by molar-refractivity contribution is 0.415. The van der Waals surface area contributed by atoms with Gasteiger partial charge in [0.25, 0.3) is 5.56 Å². The lowest BCUT2D eigenvalue weighted by Gasteiger charge is -2.06. The fraction of sp³-hybridized carbons (Fsp3) is 0.222. The number of allylic oxidation sites excluding steroid dienone is 1. The number of ether oxygens (including phenoxy) is 1. The van der Waals surface area contributed by atoms with Crippen LogP contribution in [0.3, 0.4) is 0 Å². The van der Waals surface area contributed by atoms with Crippen LogP contribution in [0.4, 0.5) is 5.95 Å². The Morgan fingerprint density at radius 1 is 1.30 bits per heavy atom. The molecule has 1 N–H and O–H groups in total. The Hall–Kier alpha value is -3.62. The summed E-state index contributed by atoms with van der Waals surface area (Å²) in [7, 11) is 4.85. The molecule has 3 rings (SSSR count). The van der Waals surface area contributed by atoms with Gasteiger partial charge in [-0.15, -0.1) is 6.58 Å². The van der Waals surface area contributed by atoms with Crippen LogP contribution in [0.5, 0.6) is 5.75 Å². The number of anilines is 1. The van der Waals surface area contributed by atoms with Crippen LogP contribution < -0.4 is 21.4 Å². The molecule has 9 heteroatoms. The van der Waals surface area contributed by atoms with Crippen molar-refractivity contribution in [3.63, 3.8) is 0 Å². The maximum absolute atomic E-state index is 12.7. The topological polar surface area (TPSA) is 95.4 Å². The van der Waals surface area contributed by atoms with E-state index in [-0.39, 0.29) is 12.2 Å². The van der Waals surface area contributed by atoms with Crippen molar-refractivity contribution in [2.75, 3.05) is 12.5 Å². The van der Waals surface area contributed by atoms with Gasteiger partial charge in [0.05, 0.1) is 13.3 Å². The van der Waals surface area contributed by atoms with Crippen molar-refractivity contribution in [1.82, 2.24) is 18.7 Å². The zero-order chi connectivity index (χ0) is 19.6. The van der Waals surface area contributed by atoms with Gasteiger partial charge < -0.3 is 9.30 Å². The van der Waals surface area contributed by atoms with Crippen LogP contribution in [0.1, 0.15) is 5.56 Å². The van der Waals surface area contributed by atoms with Crippen LogP contribution in [0.2, 0.25) is 0 Å². The molecule has 2 aromatic heterocycles. The number of hydrazone groups is 1. The SMILES string of the molecule is C=CCn1c(=O)c2c(nc(N/N=C\c3cccc(OC)c3)n2C)n(C)c1=O. The number of methoxy groups -OCH3 is 1. The van der Waals surface area contributed by atoms with Crippen molar-refractivity contribution < 1.29 is 4.74 Å². The van der Waals surface area contributed by atoms with Crippen molar-refractivity contribution in [3.05, 3.63) is 63.3 Å². The highest BCUT2D eigenvalue weighted by molar-refractivity contribution is 5.81. The highest BCUT2D eigenvalue weighted by Crippen LogP contribution is 2.14. The van der Waals surface area contributed by atoms with Crippen LogP contribution in [-0.2, 0) is 20.6 Å². The number of hydrogen-bond donors (Lipinski definition) is 1. The van der Waals surface area contributed by atoms with E-state index < -0.39 is 11.2 Å². The Morgan fingerprint density at radius 3 is 2.78 bits per heavy atom. The van der Waals surface area contributed by atoms with E-state index in [9.17, 15) is 9.59 Å². The fourth-order valence-corrected chi connectivity index (χ4v) is 2.72. The third-order valence-corrected chi connectivity index (χ3v) is 4.14. The molecular formula is C18H20N6O3. The molecule has 0 unspecified atom stereocenters.